The van der Waals surface area contributed by atoms with Crippen molar-refractivity contribution in [1.29, 1.82) is 0 Å². The number of hydrogen-bond donors (Lipinski definition) is 1. The molecule has 2 aliphatic rings. The molecule has 1 nitrogen and oxygen atoms in total. The zero-order valence-electron chi connectivity index (χ0n) is 6.60. The first kappa shape index (κ1) is 6.66. The summed E-state index contributed by atoms with van der Waals surface area (Å²) in [5.41, 5.74) is 0. The van der Waals surface area contributed by atoms with E-state index >= 15 is 0 Å². The molecular formula is C9H17N. The fraction of sp³-hybridized carbons (Fsp3) is 1.00. The molecule has 0 amide bonds. The van der Waals surface area contributed by atoms with E-state index in [4.69, 9.17) is 0 Å². The highest BCUT2D eigenvalue weighted by Crippen LogP contribution is 2.32. The topological polar surface area (TPSA) is 12.0 Å². The summed E-state index contributed by atoms with van der Waals surface area (Å²) in [4.78, 5) is 0. The van der Waals surface area contributed by atoms with Crippen LogP contribution in [0.1, 0.15) is 38.5 Å². The number of rotatable bonds is 1. The van der Waals surface area contributed by atoms with Crippen molar-refractivity contribution in [3.05, 3.63) is 0 Å². The minimum Gasteiger partial charge on any atom is -0.314 e. The highest BCUT2D eigenvalue weighted by Gasteiger charge is 2.27. The van der Waals surface area contributed by atoms with Gasteiger partial charge in [-0.3, -0.25) is 0 Å². The lowest BCUT2D eigenvalue weighted by Crippen LogP contribution is -2.42. The van der Waals surface area contributed by atoms with Crippen LogP contribution in [0.3, 0.4) is 0 Å². The van der Waals surface area contributed by atoms with Crippen LogP contribution in [0.4, 0.5) is 0 Å². The van der Waals surface area contributed by atoms with Gasteiger partial charge in [0.1, 0.15) is 0 Å². The molecule has 0 aromatic heterocycles. The molecule has 2 rings (SSSR count). The van der Waals surface area contributed by atoms with Gasteiger partial charge < -0.3 is 5.32 Å². The molecule has 1 aliphatic carbocycles. The van der Waals surface area contributed by atoms with E-state index < -0.39 is 0 Å². The summed E-state index contributed by atoms with van der Waals surface area (Å²) < 4.78 is 0. The van der Waals surface area contributed by atoms with Gasteiger partial charge in [0.25, 0.3) is 0 Å². The maximum absolute atomic E-state index is 3.62. The summed E-state index contributed by atoms with van der Waals surface area (Å²) in [5, 5.41) is 3.62. The standard InChI is InChI=1S/C9H17N/c1-2-7-10-9(6-1)8-4-3-5-8/h8-10H,1-7H2/t9-/m0/s1. The molecule has 58 valence electrons. The van der Waals surface area contributed by atoms with E-state index in [1.165, 1.54) is 45.1 Å². The van der Waals surface area contributed by atoms with Gasteiger partial charge >= 0.3 is 0 Å². The van der Waals surface area contributed by atoms with Crippen LogP contribution < -0.4 is 5.32 Å². The molecule has 1 N–H and O–H groups in total. The summed E-state index contributed by atoms with van der Waals surface area (Å²) in [6, 6.07) is 0.905. The third-order valence-corrected chi connectivity index (χ3v) is 3.07. The van der Waals surface area contributed by atoms with E-state index in [0.717, 1.165) is 12.0 Å². The Hall–Kier alpha value is -0.0400. The Morgan fingerprint density at radius 3 is 2.30 bits per heavy atom. The molecule has 0 bridgehead atoms. The third-order valence-electron chi connectivity index (χ3n) is 3.07. The largest absolute Gasteiger partial charge is 0.314 e. The first-order valence-electron chi connectivity index (χ1n) is 4.70. The molecule has 0 aromatic carbocycles. The molecule has 1 heteroatoms. The van der Waals surface area contributed by atoms with E-state index in [9.17, 15) is 0 Å². The Morgan fingerprint density at radius 2 is 1.80 bits per heavy atom. The molecule has 1 atom stereocenters. The van der Waals surface area contributed by atoms with Gasteiger partial charge in [-0.2, -0.15) is 0 Å². The smallest absolute Gasteiger partial charge is 0.00953 e. The molecule has 2 fully saturated rings. The lowest BCUT2D eigenvalue weighted by molar-refractivity contribution is 0.200. The summed E-state index contributed by atoms with van der Waals surface area (Å²) in [7, 11) is 0. The molecule has 10 heavy (non-hydrogen) atoms. The number of hydrogen-bond acceptors (Lipinski definition) is 1. The molecule has 0 radical (unpaired) electrons. The van der Waals surface area contributed by atoms with Gasteiger partial charge in [-0.25, -0.2) is 0 Å². The highest BCUT2D eigenvalue weighted by molar-refractivity contribution is 4.84. The van der Waals surface area contributed by atoms with Crippen molar-refractivity contribution >= 4 is 0 Å². The van der Waals surface area contributed by atoms with Crippen molar-refractivity contribution in [2.75, 3.05) is 6.54 Å². The van der Waals surface area contributed by atoms with Crippen LogP contribution in [0.25, 0.3) is 0 Å². The number of piperidine rings is 1. The lowest BCUT2D eigenvalue weighted by Gasteiger charge is -2.36. The van der Waals surface area contributed by atoms with Crippen molar-refractivity contribution in [2.24, 2.45) is 5.92 Å². The van der Waals surface area contributed by atoms with Crippen molar-refractivity contribution in [3.63, 3.8) is 0 Å². The van der Waals surface area contributed by atoms with Crippen molar-refractivity contribution in [2.45, 2.75) is 44.6 Å². The van der Waals surface area contributed by atoms with Crippen LogP contribution in [0, 0.1) is 5.92 Å². The molecule has 1 saturated heterocycles. The molecular weight excluding hydrogens is 122 g/mol. The Labute approximate surface area is 63.2 Å². The lowest BCUT2D eigenvalue weighted by atomic mass is 9.77. The summed E-state index contributed by atoms with van der Waals surface area (Å²) in [6.45, 7) is 1.28. The van der Waals surface area contributed by atoms with Crippen LogP contribution in [0.2, 0.25) is 0 Å². The number of nitrogens with one attached hydrogen (secondary N) is 1. The zero-order valence-corrected chi connectivity index (χ0v) is 6.60. The van der Waals surface area contributed by atoms with Crippen molar-refractivity contribution in [1.82, 2.24) is 5.32 Å². The second-order valence-corrected chi connectivity index (χ2v) is 3.75. The zero-order chi connectivity index (χ0) is 6.81. The highest BCUT2D eigenvalue weighted by atomic mass is 14.9. The van der Waals surface area contributed by atoms with E-state index in [1.54, 1.807) is 0 Å². The summed E-state index contributed by atoms with van der Waals surface area (Å²) >= 11 is 0. The van der Waals surface area contributed by atoms with E-state index in [0.29, 0.717) is 0 Å². The average molecular weight is 139 g/mol. The second-order valence-electron chi connectivity index (χ2n) is 3.75. The van der Waals surface area contributed by atoms with Crippen LogP contribution in [-0.4, -0.2) is 12.6 Å². The van der Waals surface area contributed by atoms with Gasteiger partial charge in [0.2, 0.25) is 0 Å². The predicted molar refractivity (Wildman–Crippen MR) is 43.0 cm³/mol. The third kappa shape index (κ3) is 1.20. The Morgan fingerprint density at radius 1 is 0.900 bits per heavy atom. The van der Waals surface area contributed by atoms with Gasteiger partial charge in [0.15, 0.2) is 0 Å². The first-order valence-corrected chi connectivity index (χ1v) is 4.70. The monoisotopic (exact) mass is 139 g/mol. The predicted octanol–water partition coefficient (Wildman–Crippen LogP) is 1.93. The van der Waals surface area contributed by atoms with Gasteiger partial charge in [0, 0.05) is 6.04 Å². The second kappa shape index (κ2) is 2.91. The molecule has 1 aliphatic heterocycles. The van der Waals surface area contributed by atoms with Crippen LogP contribution in [0.5, 0.6) is 0 Å². The molecule has 0 spiro atoms. The van der Waals surface area contributed by atoms with Gasteiger partial charge in [-0.15, -0.1) is 0 Å². The van der Waals surface area contributed by atoms with E-state index in [1.807, 2.05) is 0 Å². The quantitative estimate of drug-likeness (QED) is 0.585. The van der Waals surface area contributed by atoms with E-state index in [2.05, 4.69) is 5.32 Å². The SMILES string of the molecule is C1CC[C@@H](C2CCC2)NC1. The van der Waals surface area contributed by atoms with Crippen LogP contribution in [-0.2, 0) is 0 Å². The van der Waals surface area contributed by atoms with Gasteiger partial charge in [-0.05, 0) is 38.1 Å². The first-order chi connectivity index (χ1) is 4.97. The molecule has 0 aromatic rings. The minimum atomic E-state index is 0.905. The maximum Gasteiger partial charge on any atom is 0.00953 e. The molecule has 1 saturated carbocycles. The Kier molecular flexibility index (Phi) is 1.94. The molecule has 0 unspecified atom stereocenters. The van der Waals surface area contributed by atoms with Crippen molar-refractivity contribution < 1.29 is 0 Å². The van der Waals surface area contributed by atoms with Crippen LogP contribution >= 0.6 is 0 Å². The van der Waals surface area contributed by atoms with Crippen LogP contribution in [0.15, 0.2) is 0 Å². The fourth-order valence-electron chi connectivity index (χ4n) is 2.12. The Bertz CT molecular complexity index is 101. The van der Waals surface area contributed by atoms with Crippen molar-refractivity contribution in [3.8, 4) is 0 Å². The fourth-order valence-corrected chi connectivity index (χ4v) is 2.12. The maximum atomic E-state index is 3.62. The van der Waals surface area contributed by atoms with Gasteiger partial charge in [0.05, 0.1) is 0 Å². The summed E-state index contributed by atoms with van der Waals surface area (Å²) in [5.74, 6) is 1.06. The molecule has 1 heterocycles. The minimum absolute atomic E-state index is 0.905. The van der Waals surface area contributed by atoms with Gasteiger partial charge in [-0.1, -0.05) is 12.8 Å². The van der Waals surface area contributed by atoms with E-state index in [-0.39, 0.29) is 0 Å². The summed E-state index contributed by atoms with van der Waals surface area (Å²) in [6.07, 6.45) is 8.81. The normalized spacial score (nSPS) is 35.4. The average Bonchev–Trinajstić information content (AvgIpc) is 1.86. The Balaban J connectivity index is 1.78.